The van der Waals surface area contributed by atoms with Crippen molar-refractivity contribution in [2.24, 2.45) is 5.92 Å². The highest BCUT2D eigenvalue weighted by Crippen LogP contribution is 2.27. The van der Waals surface area contributed by atoms with Gasteiger partial charge in [0.05, 0.1) is 13.0 Å². The lowest BCUT2D eigenvalue weighted by Gasteiger charge is -2.24. The molecule has 0 aromatic heterocycles. The molecule has 0 saturated carbocycles. The molecular weight excluding hydrogens is 278 g/mol. The smallest absolute Gasteiger partial charge is 0.227 e. The second kappa shape index (κ2) is 6.52. The van der Waals surface area contributed by atoms with Crippen molar-refractivity contribution in [2.45, 2.75) is 13.0 Å². The molecule has 0 fully saturated rings. The van der Waals surface area contributed by atoms with Gasteiger partial charge in [-0.3, -0.25) is 4.79 Å². The SMILES string of the molecule is COc1ccccc1CNC(=O)[C@H]1COc2ccccc2C1. The van der Waals surface area contributed by atoms with Gasteiger partial charge in [0.2, 0.25) is 5.91 Å². The van der Waals surface area contributed by atoms with Gasteiger partial charge in [-0.15, -0.1) is 0 Å². The summed E-state index contributed by atoms with van der Waals surface area (Å²) in [5.74, 6) is 1.54. The number of rotatable bonds is 4. The molecule has 2 aromatic carbocycles. The fourth-order valence-electron chi connectivity index (χ4n) is 2.67. The van der Waals surface area contributed by atoms with Crippen molar-refractivity contribution < 1.29 is 14.3 Å². The highest BCUT2D eigenvalue weighted by molar-refractivity contribution is 5.79. The molecule has 0 spiro atoms. The van der Waals surface area contributed by atoms with E-state index in [-0.39, 0.29) is 11.8 Å². The highest BCUT2D eigenvalue weighted by atomic mass is 16.5. The molecule has 1 aliphatic heterocycles. The van der Waals surface area contributed by atoms with Crippen LogP contribution in [0.5, 0.6) is 11.5 Å². The predicted octanol–water partition coefficient (Wildman–Crippen LogP) is 2.56. The molecular formula is C18H19NO3. The Labute approximate surface area is 130 Å². The van der Waals surface area contributed by atoms with Crippen LogP contribution in [0.15, 0.2) is 48.5 Å². The number of hydrogen-bond donors (Lipinski definition) is 1. The second-order valence-electron chi connectivity index (χ2n) is 5.35. The van der Waals surface area contributed by atoms with E-state index in [2.05, 4.69) is 5.32 Å². The van der Waals surface area contributed by atoms with Gasteiger partial charge in [-0.2, -0.15) is 0 Å². The first-order chi connectivity index (χ1) is 10.8. The maximum atomic E-state index is 12.3. The Bertz CT molecular complexity index is 669. The summed E-state index contributed by atoms with van der Waals surface area (Å²) in [6.45, 7) is 0.885. The molecule has 4 nitrogen and oxygen atoms in total. The Morgan fingerprint density at radius 2 is 2.00 bits per heavy atom. The molecule has 22 heavy (non-hydrogen) atoms. The molecule has 2 aromatic rings. The fraction of sp³-hybridized carbons (Fsp3) is 0.278. The second-order valence-corrected chi connectivity index (χ2v) is 5.35. The first kappa shape index (κ1) is 14.4. The molecule has 4 heteroatoms. The molecule has 114 valence electrons. The topological polar surface area (TPSA) is 47.6 Å². The minimum Gasteiger partial charge on any atom is -0.496 e. The fourth-order valence-corrected chi connectivity index (χ4v) is 2.67. The summed E-state index contributed by atoms with van der Waals surface area (Å²) < 4.78 is 11.0. The van der Waals surface area contributed by atoms with E-state index < -0.39 is 0 Å². The van der Waals surface area contributed by atoms with Crippen LogP contribution in [0.4, 0.5) is 0 Å². The molecule has 1 atom stereocenters. The molecule has 0 unspecified atom stereocenters. The van der Waals surface area contributed by atoms with Gasteiger partial charge in [0, 0.05) is 12.1 Å². The average Bonchev–Trinajstić information content (AvgIpc) is 2.59. The summed E-state index contributed by atoms with van der Waals surface area (Å²) in [4.78, 5) is 12.3. The van der Waals surface area contributed by atoms with Gasteiger partial charge in [-0.05, 0) is 24.1 Å². The maximum absolute atomic E-state index is 12.3. The maximum Gasteiger partial charge on any atom is 0.227 e. The number of carbonyl (C=O) groups is 1. The van der Waals surface area contributed by atoms with Crippen molar-refractivity contribution in [3.63, 3.8) is 0 Å². The molecule has 0 aliphatic carbocycles. The Balaban J connectivity index is 1.61. The minimum atomic E-state index is -0.149. The van der Waals surface area contributed by atoms with Crippen molar-refractivity contribution in [2.75, 3.05) is 13.7 Å². The summed E-state index contributed by atoms with van der Waals surface area (Å²) in [6.07, 6.45) is 0.716. The van der Waals surface area contributed by atoms with Gasteiger partial charge < -0.3 is 14.8 Å². The monoisotopic (exact) mass is 297 g/mol. The lowest BCUT2D eigenvalue weighted by atomic mass is 9.96. The lowest BCUT2D eigenvalue weighted by molar-refractivity contribution is -0.126. The molecule has 0 radical (unpaired) electrons. The Kier molecular flexibility index (Phi) is 4.28. The zero-order valence-corrected chi connectivity index (χ0v) is 12.5. The number of methoxy groups -OCH3 is 1. The third-order valence-electron chi connectivity index (χ3n) is 3.90. The van der Waals surface area contributed by atoms with E-state index in [4.69, 9.17) is 9.47 Å². The van der Waals surface area contributed by atoms with Crippen LogP contribution in [0.1, 0.15) is 11.1 Å². The average molecular weight is 297 g/mol. The number of nitrogens with one attached hydrogen (secondary N) is 1. The van der Waals surface area contributed by atoms with Gasteiger partial charge in [0.15, 0.2) is 0 Å². The van der Waals surface area contributed by atoms with Gasteiger partial charge in [0.25, 0.3) is 0 Å². The largest absolute Gasteiger partial charge is 0.496 e. The third-order valence-corrected chi connectivity index (χ3v) is 3.90. The minimum absolute atomic E-state index is 0.0143. The van der Waals surface area contributed by atoms with Crippen LogP contribution >= 0.6 is 0 Å². The van der Waals surface area contributed by atoms with Gasteiger partial charge in [-0.25, -0.2) is 0 Å². The summed E-state index contributed by atoms with van der Waals surface area (Å²) in [6, 6.07) is 15.6. The summed E-state index contributed by atoms with van der Waals surface area (Å²) in [5.41, 5.74) is 2.06. The Hall–Kier alpha value is -2.49. The molecule has 1 heterocycles. The molecule has 0 saturated heterocycles. The van der Waals surface area contributed by atoms with Crippen molar-refractivity contribution in [3.05, 3.63) is 59.7 Å². The van der Waals surface area contributed by atoms with E-state index in [1.165, 1.54) is 0 Å². The predicted molar refractivity (Wildman–Crippen MR) is 84.0 cm³/mol. The van der Waals surface area contributed by atoms with E-state index in [1.807, 2.05) is 48.5 Å². The van der Waals surface area contributed by atoms with Crippen LogP contribution in [0.2, 0.25) is 0 Å². The summed E-state index contributed by atoms with van der Waals surface area (Å²) in [7, 11) is 1.63. The lowest BCUT2D eigenvalue weighted by Crippen LogP contribution is -2.37. The number of ether oxygens (including phenoxy) is 2. The standard InChI is InChI=1S/C18H19NO3/c1-21-16-8-4-3-7-14(16)11-19-18(20)15-10-13-6-2-5-9-17(13)22-12-15/h2-9,15H,10-12H2,1H3,(H,19,20)/t15-/m1/s1. The summed E-state index contributed by atoms with van der Waals surface area (Å²) >= 11 is 0. The van der Waals surface area contributed by atoms with Crippen molar-refractivity contribution in [3.8, 4) is 11.5 Å². The zero-order valence-electron chi connectivity index (χ0n) is 12.5. The van der Waals surface area contributed by atoms with E-state index in [9.17, 15) is 4.79 Å². The molecule has 1 amide bonds. The van der Waals surface area contributed by atoms with Crippen LogP contribution in [0.25, 0.3) is 0 Å². The highest BCUT2D eigenvalue weighted by Gasteiger charge is 2.25. The number of hydrogen-bond acceptors (Lipinski definition) is 3. The molecule has 1 N–H and O–H groups in total. The van der Waals surface area contributed by atoms with E-state index in [1.54, 1.807) is 7.11 Å². The number of amides is 1. The Morgan fingerprint density at radius 1 is 1.23 bits per heavy atom. The van der Waals surface area contributed by atoms with Crippen LogP contribution in [-0.4, -0.2) is 19.6 Å². The van der Waals surface area contributed by atoms with Crippen molar-refractivity contribution >= 4 is 5.91 Å². The van der Waals surface area contributed by atoms with E-state index in [0.29, 0.717) is 19.6 Å². The van der Waals surface area contributed by atoms with Gasteiger partial charge in [0.1, 0.15) is 18.1 Å². The van der Waals surface area contributed by atoms with Gasteiger partial charge >= 0.3 is 0 Å². The Morgan fingerprint density at radius 3 is 2.86 bits per heavy atom. The van der Waals surface area contributed by atoms with Crippen LogP contribution < -0.4 is 14.8 Å². The van der Waals surface area contributed by atoms with E-state index >= 15 is 0 Å². The van der Waals surface area contributed by atoms with Gasteiger partial charge in [-0.1, -0.05) is 36.4 Å². The first-order valence-corrected chi connectivity index (χ1v) is 7.38. The number of benzene rings is 2. The summed E-state index contributed by atoms with van der Waals surface area (Å²) in [5, 5.41) is 2.98. The molecule has 3 rings (SSSR count). The van der Waals surface area contributed by atoms with Crippen molar-refractivity contribution in [1.29, 1.82) is 0 Å². The normalized spacial score (nSPS) is 16.3. The van der Waals surface area contributed by atoms with Crippen LogP contribution in [0.3, 0.4) is 0 Å². The molecule has 0 bridgehead atoms. The van der Waals surface area contributed by atoms with Crippen LogP contribution in [-0.2, 0) is 17.8 Å². The zero-order chi connectivity index (χ0) is 15.4. The number of fused-ring (bicyclic) bond motifs is 1. The third kappa shape index (κ3) is 3.06. The van der Waals surface area contributed by atoms with E-state index in [0.717, 1.165) is 22.6 Å². The van der Waals surface area contributed by atoms with Crippen LogP contribution in [0, 0.1) is 5.92 Å². The van der Waals surface area contributed by atoms with Crippen molar-refractivity contribution in [1.82, 2.24) is 5.32 Å². The number of carbonyl (C=O) groups excluding carboxylic acids is 1. The quantitative estimate of drug-likeness (QED) is 0.943. The number of para-hydroxylation sites is 2. The molecule has 1 aliphatic rings. The first-order valence-electron chi connectivity index (χ1n) is 7.38.